The van der Waals surface area contributed by atoms with E-state index < -0.39 is 0 Å². The Hall–Kier alpha value is -1.27. The molecular formula is C21H31ClN4OS. The number of likely N-dealkylation sites (tertiary alicyclic amines) is 1. The Morgan fingerprint density at radius 3 is 2.57 bits per heavy atom. The van der Waals surface area contributed by atoms with Crippen LogP contribution in [0, 0.1) is 0 Å². The van der Waals surface area contributed by atoms with Crippen LogP contribution in [0.5, 0.6) is 0 Å². The van der Waals surface area contributed by atoms with Crippen LogP contribution in [0.3, 0.4) is 0 Å². The summed E-state index contributed by atoms with van der Waals surface area (Å²) in [6.45, 7) is 11.1. The molecule has 0 N–H and O–H groups in total. The molecule has 2 aliphatic rings. The lowest BCUT2D eigenvalue weighted by molar-refractivity contribution is 0.0724. The molecule has 1 aromatic rings. The van der Waals surface area contributed by atoms with Gasteiger partial charge in [-0.15, -0.1) is 0 Å². The summed E-state index contributed by atoms with van der Waals surface area (Å²) < 4.78 is 4.49. The van der Waals surface area contributed by atoms with Crippen LogP contribution in [-0.4, -0.2) is 52.4 Å². The number of aromatic nitrogens is 1. The van der Waals surface area contributed by atoms with E-state index in [9.17, 15) is 4.79 Å². The Kier molecular flexibility index (Phi) is 6.92. The van der Waals surface area contributed by atoms with Gasteiger partial charge in [0, 0.05) is 42.2 Å². The van der Waals surface area contributed by atoms with Crippen molar-refractivity contribution in [3.8, 4) is 0 Å². The molecule has 1 unspecified atom stereocenters. The molecule has 3 heterocycles. The molecule has 0 aliphatic carbocycles. The van der Waals surface area contributed by atoms with Gasteiger partial charge in [0.15, 0.2) is 0 Å². The van der Waals surface area contributed by atoms with Crippen LogP contribution < -0.4 is 4.90 Å². The fourth-order valence-electron chi connectivity index (χ4n) is 3.74. The maximum atomic E-state index is 13.3. The maximum Gasteiger partial charge on any atom is 0.254 e. The number of halogens is 1. The van der Waals surface area contributed by atoms with E-state index >= 15 is 0 Å². The Morgan fingerprint density at radius 1 is 1.25 bits per heavy atom. The zero-order valence-corrected chi connectivity index (χ0v) is 18.9. The van der Waals surface area contributed by atoms with Crippen molar-refractivity contribution in [2.75, 3.05) is 24.5 Å². The number of hydrogen-bond acceptors (Lipinski definition) is 5. The Balaban J connectivity index is 1.97. The third-order valence-electron chi connectivity index (χ3n) is 5.23. The number of carbonyl (C=O) groups excluding carboxylic acids is 1. The van der Waals surface area contributed by atoms with E-state index in [1.54, 1.807) is 6.21 Å². The van der Waals surface area contributed by atoms with Gasteiger partial charge >= 0.3 is 0 Å². The highest BCUT2D eigenvalue weighted by atomic mass is 35.5. The van der Waals surface area contributed by atoms with Gasteiger partial charge in [-0.3, -0.25) is 4.79 Å². The molecule has 1 atom stereocenters. The molecule has 2 fully saturated rings. The molecule has 0 aromatic carbocycles. The average molecular weight is 423 g/mol. The van der Waals surface area contributed by atoms with Crippen LogP contribution in [0.1, 0.15) is 75.7 Å². The van der Waals surface area contributed by atoms with Crippen molar-refractivity contribution < 1.29 is 4.79 Å². The molecule has 1 amide bonds. The second-order valence-corrected chi connectivity index (χ2v) is 10.7. The fourth-order valence-corrected chi connectivity index (χ4v) is 4.45. The van der Waals surface area contributed by atoms with Gasteiger partial charge in [-0.25, -0.2) is 9.38 Å². The van der Waals surface area contributed by atoms with Gasteiger partial charge in [0.05, 0.1) is 5.56 Å². The monoisotopic (exact) mass is 422 g/mol. The third kappa shape index (κ3) is 5.20. The van der Waals surface area contributed by atoms with Crippen LogP contribution in [0.2, 0.25) is 5.15 Å². The molecule has 28 heavy (non-hydrogen) atoms. The number of anilines is 1. The van der Waals surface area contributed by atoms with E-state index in [2.05, 4.69) is 42.0 Å². The van der Waals surface area contributed by atoms with Gasteiger partial charge in [-0.2, -0.15) is 0 Å². The Labute approximate surface area is 178 Å². The fraction of sp³-hybridized carbons (Fsp3) is 0.667. The first-order valence-electron chi connectivity index (χ1n) is 10.2. The summed E-state index contributed by atoms with van der Waals surface area (Å²) in [5.41, 5.74) is 1.25. The molecule has 7 heteroatoms. The minimum Gasteiger partial charge on any atom is -0.354 e. The van der Waals surface area contributed by atoms with Crippen molar-refractivity contribution in [1.82, 2.24) is 9.88 Å². The van der Waals surface area contributed by atoms with Crippen LogP contribution in [0.25, 0.3) is 0 Å². The van der Waals surface area contributed by atoms with Gasteiger partial charge in [0.25, 0.3) is 5.91 Å². The van der Waals surface area contributed by atoms with Gasteiger partial charge in [0.2, 0.25) is 0 Å². The molecule has 5 nitrogen and oxygen atoms in total. The predicted molar refractivity (Wildman–Crippen MR) is 120 cm³/mol. The number of hydrogen-bond donors (Lipinski definition) is 0. The minimum absolute atomic E-state index is 0.00162. The summed E-state index contributed by atoms with van der Waals surface area (Å²) in [6, 6.07) is 2.34. The SMILES string of the molecule is CC1CCCN1c1cc(C(=O)N2CCCCC2)c(C=NSC(C)(C)C)c(Cl)n1. The third-order valence-corrected chi connectivity index (χ3v) is 6.27. The zero-order chi connectivity index (χ0) is 20.3. The molecule has 0 spiro atoms. The largest absolute Gasteiger partial charge is 0.354 e. The first-order chi connectivity index (χ1) is 13.3. The topological polar surface area (TPSA) is 48.8 Å². The predicted octanol–water partition coefficient (Wildman–Crippen LogP) is 5.22. The van der Waals surface area contributed by atoms with Gasteiger partial charge in [-0.05, 0) is 77.8 Å². The number of pyridine rings is 1. The molecule has 1 aromatic heterocycles. The van der Waals surface area contributed by atoms with Crippen molar-refractivity contribution in [2.45, 2.75) is 70.6 Å². The molecule has 3 rings (SSSR count). The van der Waals surface area contributed by atoms with Gasteiger partial charge in [0.1, 0.15) is 11.0 Å². The number of amides is 1. The summed E-state index contributed by atoms with van der Waals surface area (Å²) in [6.07, 6.45) is 7.29. The molecular weight excluding hydrogens is 392 g/mol. The van der Waals surface area contributed by atoms with Crippen LogP contribution >= 0.6 is 23.5 Å². The quantitative estimate of drug-likeness (QED) is 0.379. The number of nitrogens with zero attached hydrogens (tertiary/aromatic N) is 4. The molecule has 0 saturated carbocycles. The smallest absolute Gasteiger partial charge is 0.254 e. The number of rotatable bonds is 4. The van der Waals surface area contributed by atoms with Crippen molar-refractivity contribution >= 4 is 41.5 Å². The van der Waals surface area contributed by atoms with Gasteiger partial charge in [-0.1, -0.05) is 11.6 Å². The second kappa shape index (κ2) is 9.04. The lowest BCUT2D eigenvalue weighted by atomic mass is 10.1. The summed E-state index contributed by atoms with van der Waals surface area (Å²) in [4.78, 5) is 22.2. The normalized spacial score (nSPS) is 21.0. The van der Waals surface area contributed by atoms with Crippen molar-refractivity contribution in [1.29, 1.82) is 0 Å². The maximum absolute atomic E-state index is 13.3. The summed E-state index contributed by atoms with van der Waals surface area (Å²) >= 11 is 8.06. The van der Waals surface area contributed by atoms with Crippen LogP contribution in [0.4, 0.5) is 5.82 Å². The van der Waals surface area contributed by atoms with E-state index in [0.29, 0.717) is 22.3 Å². The summed E-state index contributed by atoms with van der Waals surface area (Å²) in [5, 5.41) is 0.357. The zero-order valence-electron chi connectivity index (χ0n) is 17.4. The molecule has 2 aliphatic heterocycles. The minimum atomic E-state index is -0.00162. The molecule has 154 valence electrons. The molecule has 0 bridgehead atoms. The van der Waals surface area contributed by atoms with Crippen molar-refractivity contribution in [3.05, 3.63) is 22.3 Å². The average Bonchev–Trinajstić information content (AvgIpc) is 3.08. The first kappa shape index (κ1) is 21.4. The summed E-state index contributed by atoms with van der Waals surface area (Å²) in [5.74, 6) is 0.843. The van der Waals surface area contributed by atoms with E-state index in [1.165, 1.54) is 18.4 Å². The summed E-state index contributed by atoms with van der Waals surface area (Å²) in [7, 11) is 0. The number of carbonyl (C=O) groups is 1. The van der Waals surface area contributed by atoms with Crippen LogP contribution in [0.15, 0.2) is 10.5 Å². The van der Waals surface area contributed by atoms with E-state index in [1.807, 2.05) is 11.0 Å². The van der Waals surface area contributed by atoms with Gasteiger partial charge < -0.3 is 9.80 Å². The van der Waals surface area contributed by atoms with Crippen molar-refractivity contribution in [2.24, 2.45) is 4.40 Å². The Morgan fingerprint density at radius 2 is 1.96 bits per heavy atom. The first-order valence-corrected chi connectivity index (χ1v) is 11.4. The van der Waals surface area contributed by atoms with E-state index in [0.717, 1.165) is 51.1 Å². The van der Waals surface area contributed by atoms with E-state index in [-0.39, 0.29) is 10.7 Å². The standard InChI is InChI=1S/C21H31ClN4OS/c1-15-9-8-12-26(15)18-13-16(20(27)25-10-6-5-7-11-25)17(19(22)24-18)14-23-28-21(2,3)4/h13-15H,5-12H2,1-4H3. The second-order valence-electron chi connectivity index (χ2n) is 8.71. The van der Waals surface area contributed by atoms with Crippen LogP contribution in [-0.2, 0) is 0 Å². The molecule has 2 saturated heterocycles. The molecule has 0 radical (unpaired) electrons. The lowest BCUT2D eigenvalue weighted by Gasteiger charge is -2.28. The highest BCUT2D eigenvalue weighted by Crippen LogP contribution is 2.30. The number of piperidine rings is 1. The lowest BCUT2D eigenvalue weighted by Crippen LogP contribution is -2.36. The highest BCUT2D eigenvalue weighted by molar-refractivity contribution is 7.99. The highest BCUT2D eigenvalue weighted by Gasteiger charge is 2.27. The van der Waals surface area contributed by atoms with Crippen molar-refractivity contribution in [3.63, 3.8) is 0 Å². The Bertz CT molecular complexity index is 741. The van der Waals surface area contributed by atoms with E-state index in [4.69, 9.17) is 11.6 Å².